The molecule has 0 fully saturated rings. The van der Waals surface area contributed by atoms with Gasteiger partial charge in [-0.2, -0.15) is 0 Å². The molecule has 0 saturated carbocycles. The van der Waals surface area contributed by atoms with E-state index in [9.17, 15) is 4.79 Å². The number of benzene rings is 2. The topological polar surface area (TPSA) is 54.1 Å². The van der Waals surface area contributed by atoms with Gasteiger partial charge in [0, 0.05) is 11.1 Å². The van der Waals surface area contributed by atoms with Crippen LogP contribution >= 0.6 is 11.6 Å². The van der Waals surface area contributed by atoms with Gasteiger partial charge in [0.15, 0.2) is 0 Å². The fourth-order valence-electron chi connectivity index (χ4n) is 3.77. The Balaban J connectivity index is 1.53. The first-order chi connectivity index (χ1) is 12.7. The molecule has 134 valence electrons. The van der Waals surface area contributed by atoms with E-state index in [4.69, 9.17) is 16.3 Å². The lowest BCUT2D eigenvalue weighted by atomic mass is 9.91. The number of aromatic nitrogens is 1. The Kier molecular flexibility index (Phi) is 4.60. The molecule has 2 N–H and O–H groups in total. The van der Waals surface area contributed by atoms with Gasteiger partial charge in [0.1, 0.15) is 5.75 Å². The molecule has 26 heavy (non-hydrogen) atoms. The number of H-pyrrole nitrogens is 1. The molecule has 4 rings (SSSR count). The molecule has 0 aliphatic heterocycles. The van der Waals surface area contributed by atoms with E-state index >= 15 is 0 Å². The minimum absolute atomic E-state index is 0.00738. The maximum atomic E-state index is 12.5. The summed E-state index contributed by atoms with van der Waals surface area (Å²) in [6.07, 6.45) is 3.36. The molecule has 3 aromatic rings. The third kappa shape index (κ3) is 3.17. The number of halogens is 1. The van der Waals surface area contributed by atoms with Crippen molar-refractivity contribution in [3.63, 3.8) is 0 Å². The fraction of sp³-hybridized carbons (Fsp3) is 0.286. The highest BCUT2D eigenvalue weighted by molar-refractivity contribution is 6.35. The van der Waals surface area contributed by atoms with Gasteiger partial charge in [0.25, 0.3) is 0 Å². The zero-order valence-electron chi connectivity index (χ0n) is 14.6. The number of ether oxygens (including phenoxy) is 1. The quantitative estimate of drug-likeness (QED) is 0.709. The summed E-state index contributed by atoms with van der Waals surface area (Å²) in [5.74, 6) is 0.818. The van der Waals surface area contributed by atoms with Crippen molar-refractivity contribution in [3.05, 3.63) is 64.3 Å². The van der Waals surface area contributed by atoms with E-state index in [1.807, 2.05) is 36.4 Å². The zero-order chi connectivity index (χ0) is 18.1. The molecule has 4 nitrogen and oxygen atoms in total. The fourth-order valence-corrected chi connectivity index (χ4v) is 3.99. The molecule has 1 aliphatic rings. The summed E-state index contributed by atoms with van der Waals surface area (Å²) >= 11 is 6.33. The Morgan fingerprint density at radius 2 is 2.08 bits per heavy atom. The zero-order valence-corrected chi connectivity index (χ0v) is 15.4. The number of amides is 1. The molecular formula is C21H21ClN2O2. The number of aryl methyl sites for hydroxylation is 1. The van der Waals surface area contributed by atoms with Crippen molar-refractivity contribution in [1.82, 2.24) is 10.3 Å². The lowest BCUT2D eigenvalue weighted by Crippen LogP contribution is -2.32. The van der Waals surface area contributed by atoms with Crippen LogP contribution in [0.15, 0.2) is 42.5 Å². The number of carbonyl (C=O) groups is 1. The van der Waals surface area contributed by atoms with Crippen molar-refractivity contribution in [2.24, 2.45) is 0 Å². The van der Waals surface area contributed by atoms with E-state index in [0.717, 1.165) is 46.8 Å². The predicted octanol–water partition coefficient (Wildman–Crippen LogP) is 4.57. The Morgan fingerprint density at radius 1 is 1.27 bits per heavy atom. The summed E-state index contributed by atoms with van der Waals surface area (Å²) in [6, 6.07) is 13.6. The molecule has 0 spiro atoms. The van der Waals surface area contributed by atoms with Crippen LogP contribution in [-0.2, 0) is 17.6 Å². The molecule has 1 heterocycles. The summed E-state index contributed by atoms with van der Waals surface area (Å²) in [4.78, 5) is 16.0. The maximum Gasteiger partial charge on any atom is 0.224 e. The Bertz CT molecular complexity index is 947. The average molecular weight is 369 g/mol. The van der Waals surface area contributed by atoms with E-state index in [1.54, 1.807) is 7.11 Å². The normalized spacial score (nSPS) is 16.3. The minimum atomic E-state index is 0.00738. The maximum absolute atomic E-state index is 12.5. The second-order valence-corrected chi connectivity index (χ2v) is 7.12. The summed E-state index contributed by atoms with van der Waals surface area (Å²) in [5, 5.41) is 5.08. The lowest BCUT2D eigenvalue weighted by Gasteiger charge is -2.24. The standard InChI is InChI=1S/C21H21ClN2O2/c1-26-14-10-8-13(9-11-14)12-19(25)23-18-7-3-5-16-15-4-2-6-17(22)20(15)24-21(16)18/h2,4,6,8-11,18,24H,3,5,7,12H2,1H3,(H,23,25). The summed E-state index contributed by atoms with van der Waals surface area (Å²) in [7, 11) is 1.63. The number of rotatable bonds is 4. The molecule has 1 amide bonds. The second kappa shape index (κ2) is 7.04. The first-order valence-corrected chi connectivity index (χ1v) is 9.25. The van der Waals surface area contributed by atoms with Crippen LogP contribution in [0.5, 0.6) is 5.75 Å². The summed E-state index contributed by atoms with van der Waals surface area (Å²) in [6.45, 7) is 0. The second-order valence-electron chi connectivity index (χ2n) is 6.72. The van der Waals surface area contributed by atoms with Gasteiger partial charge >= 0.3 is 0 Å². The van der Waals surface area contributed by atoms with Crippen LogP contribution in [0.1, 0.15) is 35.7 Å². The van der Waals surface area contributed by atoms with Gasteiger partial charge in [-0.05, 0) is 48.6 Å². The summed E-state index contributed by atoms with van der Waals surface area (Å²) < 4.78 is 5.16. The van der Waals surface area contributed by atoms with Gasteiger partial charge in [0.2, 0.25) is 5.91 Å². The molecule has 0 bridgehead atoms. The Labute approximate surface area is 157 Å². The SMILES string of the molecule is COc1ccc(CC(=O)NC2CCCc3c2[nH]c2c(Cl)cccc32)cc1. The molecular weight excluding hydrogens is 348 g/mol. The third-order valence-electron chi connectivity index (χ3n) is 5.05. The van der Waals surface area contributed by atoms with Crippen molar-refractivity contribution in [3.8, 4) is 5.75 Å². The van der Waals surface area contributed by atoms with Gasteiger partial charge in [-0.25, -0.2) is 0 Å². The van der Waals surface area contributed by atoms with Gasteiger partial charge in [-0.15, -0.1) is 0 Å². The first-order valence-electron chi connectivity index (χ1n) is 8.87. The van der Waals surface area contributed by atoms with Crippen molar-refractivity contribution in [2.75, 3.05) is 7.11 Å². The van der Waals surface area contributed by atoms with Crippen LogP contribution in [0.2, 0.25) is 5.02 Å². The van der Waals surface area contributed by atoms with Gasteiger partial charge < -0.3 is 15.0 Å². The number of carbonyl (C=O) groups excluding carboxylic acids is 1. The van der Waals surface area contributed by atoms with Crippen LogP contribution in [0.25, 0.3) is 10.9 Å². The van der Waals surface area contributed by atoms with Crippen molar-refractivity contribution in [2.45, 2.75) is 31.7 Å². The highest BCUT2D eigenvalue weighted by atomic mass is 35.5. The number of nitrogens with one attached hydrogen (secondary N) is 2. The molecule has 0 saturated heterocycles. The highest BCUT2D eigenvalue weighted by Crippen LogP contribution is 2.36. The van der Waals surface area contributed by atoms with Crippen LogP contribution < -0.4 is 10.1 Å². The number of fused-ring (bicyclic) bond motifs is 3. The molecule has 0 radical (unpaired) electrons. The molecule has 5 heteroatoms. The van der Waals surface area contributed by atoms with Crippen molar-refractivity contribution in [1.29, 1.82) is 0 Å². The van der Waals surface area contributed by atoms with Gasteiger partial charge in [0.05, 0.1) is 30.1 Å². The van der Waals surface area contributed by atoms with Crippen LogP contribution in [0, 0.1) is 0 Å². The Hall–Kier alpha value is -2.46. The number of hydrogen-bond donors (Lipinski definition) is 2. The van der Waals surface area contributed by atoms with E-state index in [2.05, 4.69) is 16.4 Å². The van der Waals surface area contributed by atoms with Crippen molar-refractivity contribution >= 4 is 28.4 Å². The van der Waals surface area contributed by atoms with E-state index in [0.29, 0.717) is 6.42 Å². The van der Waals surface area contributed by atoms with Gasteiger partial charge in [-0.1, -0.05) is 35.9 Å². The molecule has 1 atom stereocenters. The number of hydrogen-bond acceptors (Lipinski definition) is 2. The monoisotopic (exact) mass is 368 g/mol. The van der Waals surface area contributed by atoms with Crippen LogP contribution in [-0.4, -0.2) is 18.0 Å². The molecule has 1 unspecified atom stereocenters. The minimum Gasteiger partial charge on any atom is -0.497 e. The molecule has 2 aromatic carbocycles. The lowest BCUT2D eigenvalue weighted by molar-refractivity contribution is -0.121. The average Bonchev–Trinajstić information content (AvgIpc) is 3.04. The van der Waals surface area contributed by atoms with Crippen molar-refractivity contribution < 1.29 is 9.53 Å². The number of para-hydroxylation sites is 1. The van der Waals surface area contributed by atoms with E-state index < -0.39 is 0 Å². The largest absolute Gasteiger partial charge is 0.497 e. The summed E-state index contributed by atoms with van der Waals surface area (Å²) in [5.41, 5.74) is 4.32. The predicted molar refractivity (Wildman–Crippen MR) is 104 cm³/mol. The van der Waals surface area contributed by atoms with Crippen LogP contribution in [0.3, 0.4) is 0 Å². The molecule has 1 aromatic heterocycles. The smallest absolute Gasteiger partial charge is 0.224 e. The Morgan fingerprint density at radius 3 is 2.85 bits per heavy atom. The van der Waals surface area contributed by atoms with E-state index in [-0.39, 0.29) is 11.9 Å². The number of methoxy groups -OCH3 is 1. The van der Waals surface area contributed by atoms with E-state index in [1.165, 1.54) is 10.9 Å². The third-order valence-corrected chi connectivity index (χ3v) is 5.37. The highest BCUT2D eigenvalue weighted by Gasteiger charge is 2.26. The van der Waals surface area contributed by atoms with Gasteiger partial charge in [-0.3, -0.25) is 4.79 Å². The van der Waals surface area contributed by atoms with Crippen LogP contribution in [0.4, 0.5) is 0 Å². The number of aromatic amines is 1. The molecule has 1 aliphatic carbocycles. The first kappa shape index (κ1) is 17.0.